The maximum atomic E-state index is 11.4. The summed E-state index contributed by atoms with van der Waals surface area (Å²) < 4.78 is 11.3. The molecule has 0 aromatic carbocycles. The summed E-state index contributed by atoms with van der Waals surface area (Å²) in [6.07, 6.45) is 5.28. The Labute approximate surface area is 82.8 Å². The van der Waals surface area contributed by atoms with Gasteiger partial charge in [-0.15, -0.1) is 0 Å². The predicted molar refractivity (Wildman–Crippen MR) is 47.5 cm³/mol. The van der Waals surface area contributed by atoms with Crippen LogP contribution >= 0.6 is 0 Å². The Morgan fingerprint density at radius 1 is 1.36 bits per heavy atom. The number of rotatable bonds is 0. The van der Waals surface area contributed by atoms with Crippen LogP contribution in [0, 0.1) is 17.8 Å². The highest BCUT2D eigenvalue weighted by Crippen LogP contribution is 2.63. The summed E-state index contributed by atoms with van der Waals surface area (Å²) >= 11 is 0. The number of cyclic esters (lactones) is 1. The Bertz CT molecular complexity index is 314. The summed E-state index contributed by atoms with van der Waals surface area (Å²) in [5.41, 5.74) is -0.160. The molecule has 0 radical (unpaired) electrons. The third-order valence-corrected chi connectivity index (χ3v) is 4.82. The number of hydrogen-bond donors (Lipinski definition) is 0. The van der Waals surface area contributed by atoms with Crippen molar-refractivity contribution in [1.29, 1.82) is 0 Å². The van der Waals surface area contributed by atoms with Crippen molar-refractivity contribution in [2.75, 3.05) is 6.61 Å². The van der Waals surface area contributed by atoms with Gasteiger partial charge in [-0.05, 0) is 31.1 Å². The summed E-state index contributed by atoms with van der Waals surface area (Å²) in [5.74, 6) is 1.44. The monoisotopic (exact) mass is 194 g/mol. The molecule has 4 fully saturated rings. The van der Waals surface area contributed by atoms with E-state index in [-0.39, 0.29) is 17.5 Å². The molecule has 0 aromatic heterocycles. The van der Waals surface area contributed by atoms with Crippen LogP contribution in [0.2, 0.25) is 0 Å². The van der Waals surface area contributed by atoms with E-state index >= 15 is 0 Å². The standard InChI is InChI=1S/C11H14O3/c12-10-8-4-7-6-2-1-3-9(6)14-11(7,8)5-13-10/h6-9H,1-5H2/t6-,7-,8-,9-,11-/m0/s1. The van der Waals surface area contributed by atoms with Crippen molar-refractivity contribution >= 4 is 5.97 Å². The highest BCUT2D eigenvalue weighted by Gasteiger charge is 2.72. The second kappa shape index (κ2) is 2.16. The van der Waals surface area contributed by atoms with E-state index in [9.17, 15) is 4.79 Å². The zero-order valence-electron chi connectivity index (χ0n) is 8.07. The molecule has 2 aliphatic heterocycles. The van der Waals surface area contributed by atoms with Crippen LogP contribution in [0.4, 0.5) is 0 Å². The van der Waals surface area contributed by atoms with E-state index in [0.717, 1.165) is 12.3 Å². The van der Waals surface area contributed by atoms with Gasteiger partial charge in [-0.1, -0.05) is 6.42 Å². The average Bonchev–Trinajstić information content (AvgIpc) is 2.72. The summed E-state index contributed by atoms with van der Waals surface area (Å²) in [6.45, 7) is 0.536. The van der Waals surface area contributed by atoms with Crippen LogP contribution in [0.15, 0.2) is 0 Å². The van der Waals surface area contributed by atoms with Gasteiger partial charge in [0, 0.05) is 0 Å². The summed E-state index contributed by atoms with van der Waals surface area (Å²) in [4.78, 5) is 11.4. The number of fused-ring (bicyclic) bond motifs is 2. The molecule has 0 aromatic rings. The molecule has 1 spiro atoms. The molecule has 3 heteroatoms. The van der Waals surface area contributed by atoms with Crippen molar-refractivity contribution in [2.45, 2.75) is 37.4 Å². The van der Waals surface area contributed by atoms with Crippen molar-refractivity contribution in [3.63, 3.8) is 0 Å². The molecule has 2 heterocycles. The first-order valence-corrected chi connectivity index (χ1v) is 5.66. The summed E-state index contributed by atoms with van der Waals surface area (Å²) in [7, 11) is 0. The SMILES string of the molecule is O=C1OC[C@]23O[C@H]4CCC[C@H]4[C@@H]2C[C@@H]13. The average molecular weight is 194 g/mol. The smallest absolute Gasteiger partial charge is 0.312 e. The maximum Gasteiger partial charge on any atom is 0.312 e. The Morgan fingerprint density at radius 2 is 2.29 bits per heavy atom. The van der Waals surface area contributed by atoms with Crippen LogP contribution in [-0.2, 0) is 14.3 Å². The molecular formula is C11H14O3. The van der Waals surface area contributed by atoms with Gasteiger partial charge >= 0.3 is 5.97 Å². The maximum absolute atomic E-state index is 11.4. The Balaban J connectivity index is 1.71. The topological polar surface area (TPSA) is 35.5 Å². The van der Waals surface area contributed by atoms with Crippen molar-refractivity contribution in [3.05, 3.63) is 0 Å². The van der Waals surface area contributed by atoms with Crippen molar-refractivity contribution in [2.24, 2.45) is 17.8 Å². The van der Waals surface area contributed by atoms with Gasteiger partial charge in [0.25, 0.3) is 0 Å². The van der Waals surface area contributed by atoms with E-state index < -0.39 is 0 Å². The Kier molecular flexibility index (Phi) is 1.19. The second-order valence-corrected chi connectivity index (χ2v) is 5.21. The normalized spacial score (nSPS) is 58.7. The molecule has 3 nitrogen and oxygen atoms in total. The van der Waals surface area contributed by atoms with E-state index in [1.54, 1.807) is 0 Å². The van der Waals surface area contributed by atoms with E-state index in [2.05, 4.69) is 0 Å². The predicted octanol–water partition coefficient (Wildman–Crippen LogP) is 1.12. The third kappa shape index (κ3) is 0.630. The fraction of sp³-hybridized carbons (Fsp3) is 0.909. The molecule has 0 unspecified atom stereocenters. The molecule has 5 atom stereocenters. The van der Waals surface area contributed by atoms with Gasteiger partial charge in [-0.3, -0.25) is 4.79 Å². The molecule has 2 aliphatic carbocycles. The largest absolute Gasteiger partial charge is 0.462 e. The van der Waals surface area contributed by atoms with Crippen LogP contribution in [0.1, 0.15) is 25.7 Å². The van der Waals surface area contributed by atoms with Gasteiger partial charge in [0.05, 0.1) is 12.0 Å². The number of carbonyl (C=O) groups is 1. The molecule has 4 aliphatic rings. The van der Waals surface area contributed by atoms with Crippen molar-refractivity contribution in [1.82, 2.24) is 0 Å². The number of carbonyl (C=O) groups excluding carboxylic acids is 1. The van der Waals surface area contributed by atoms with E-state index in [1.165, 1.54) is 19.3 Å². The highest BCUT2D eigenvalue weighted by molar-refractivity contribution is 5.78. The lowest BCUT2D eigenvalue weighted by Gasteiger charge is -2.44. The molecule has 0 N–H and O–H groups in total. The minimum atomic E-state index is -0.160. The number of esters is 1. The first-order chi connectivity index (χ1) is 6.81. The van der Waals surface area contributed by atoms with Crippen LogP contribution in [0.5, 0.6) is 0 Å². The molecular weight excluding hydrogens is 180 g/mol. The number of ether oxygens (including phenoxy) is 2. The fourth-order valence-electron chi connectivity index (χ4n) is 4.12. The fourth-order valence-corrected chi connectivity index (χ4v) is 4.12. The first kappa shape index (κ1) is 7.69. The zero-order valence-corrected chi connectivity index (χ0v) is 8.07. The van der Waals surface area contributed by atoms with Gasteiger partial charge < -0.3 is 9.47 Å². The lowest BCUT2D eigenvalue weighted by atomic mass is 9.59. The Morgan fingerprint density at radius 3 is 3.14 bits per heavy atom. The summed E-state index contributed by atoms with van der Waals surface area (Å²) in [5, 5.41) is 0. The van der Waals surface area contributed by atoms with E-state index in [1.807, 2.05) is 0 Å². The van der Waals surface area contributed by atoms with Crippen molar-refractivity contribution < 1.29 is 14.3 Å². The van der Waals surface area contributed by atoms with Gasteiger partial charge in [0.15, 0.2) is 0 Å². The quantitative estimate of drug-likeness (QED) is 0.542. The highest BCUT2D eigenvalue weighted by atomic mass is 16.6. The summed E-state index contributed by atoms with van der Waals surface area (Å²) in [6, 6.07) is 0. The minimum Gasteiger partial charge on any atom is -0.462 e. The van der Waals surface area contributed by atoms with Crippen LogP contribution < -0.4 is 0 Å². The zero-order chi connectivity index (χ0) is 9.34. The van der Waals surface area contributed by atoms with E-state index in [4.69, 9.17) is 9.47 Å². The molecule has 2 saturated carbocycles. The third-order valence-electron chi connectivity index (χ3n) is 4.82. The van der Waals surface area contributed by atoms with Crippen LogP contribution in [0.3, 0.4) is 0 Å². The van der Waals surface area contributed by atoms with Gasteiger partial charge in [-0.2, -0.15) is 0 Å². The molecule has 76 valence electrons. The van der Waals surface area contributed by atoms with Gasteiger partial charge in [0.1, 0.15) is 12.2 Å². The van der Waals surface area contributed by atoms with Gasteiger partial charge in [0.2, 0.25) is 0 Å². The number of hydrogen-bond acceptors (Lipinski definition) is 3. The molecule has 14 heavy (non-hydrogen) atoms. The molecule has 2 saturated heterocycles. The molecule has 0 amide bonds. The van der Waals surface area contributed by atoms with E-state index in [0.29, 0.717) is 18.6 Å². The molecule has 4 rings (SSSR count). The second-order valence-electron chi connectivity index (χ2n) is 5.21. The minimum absolute atomic E-state index is 0.0128. The lowest BCUT2D eigenvalue weighted by Crippen LogP contribution is -2.55. The van der Waals surface area contributed by atoms with Crippen LogP contribution in [0.25, 0.3) is 0 Å². The van der Waals surface area contributed by atoms with Gasteiger partial charge in [-0.25, -0.2) is 0 Å². The van der Waals surface area contributed by atoms with Crippen molar-refractivity contribution in [3.8, 4) is 0 Å². The lowest BCUT2D eigenvalue weighted by molar-refractivity contribution is -0.151. The van der Waals surface area contributed by atoms with Crippen LogP contribution in [-0.4, -0.2) is 24.3 Å². The first-order valence-electron chi connectivity index (χ1n) is 5.66. The molecule has 0 bridgehead atoms. The Hall–Kier alpha value is -0.570.